The zero-order valence-corrected chi connectivity index (χ0v) is 13.4. The molecule has 23 heavy (non-hydrogen) atoms. The van der Waals surface area contributed by atoms with Crippen LogP contribution in [-0.4, -0.2) is 28.7 Å². The topological polar surface area (TPSA) is 105 Å². The maximum Gasteiger partial charge on any atom is 0.321 e. The molecule has 0 unspecified atom stereocenters. The number of fused-ring (bicyclic) bond motifs is 1. The van der Waals surface area contributed by atoms with E-state index in [0.29, 0.717) is 16.6 Å². The van der Waals surface area contributed by atoms with Gasteiger partial charge in [-0.1, -0.05) is 17.4 Å². The maximum absolute atomic E-state index is 12.0. The maximum atomic E-state index is 12.0. The Balaban J connectivity index is 1.66. The molecular weight excluding hydrogens is 318 g/mol. The van der Waals surface area contributed by atoms with E-state index < -0.39 is 0 Å². The molecule has 120 valence electrons. The lowest BCUT2D eigenvalue weighted by atomic mass is 10.1. The molecule has 3 amide bonds. The number of aryl methyl sites for hydroxylation is 1. The Morgan fingerprint density at radius 1 is 1.43 bits per heavy atom. The van der Waals surface area contributed by atoms with Crippen molar-refractivity contribution in [3.05, 3.63) is 28.8 Å². The smallest absolute Gasteiger partial charge is 0.321 e. The number of ether oxygens (including phenoxy) is 1. The molecule has 9 heteroatoms. The number of benzene rings is 1. The number of carbonyl (C=O) groups excluding carboxylic acids is 2. The zero-order valence-electron chi connectivity index (χ0n) is 12.5. The van der Waals surface area contributed by atoms with Crippen LogP contribution in [0.5, 0.6) is 5.75 Å². The fourth-order valence-corrected chi connectivity index (χ4v) is 2.72. The molecular formula is C14H15N5O3S. The highest BCUT2D eigenvalue weighted by atomic mass is 32.1. The largest absolute Gasteiger partial charge is 0.482 e. The van der Waals surface area contributed by atoms with Crippen molar-refractivity contribution in [3.63, 3.8) is 0 Å². The quantitative estimate of drug-likeness (QED) is 0.797. The van der Waals surface area contributed by atoms with Gasteiger partial charge in [-0.15, -0.1) is 10.2 Å². The van der Waals surface area contributed by atoms with Crippen molar-refractivity contribution < 1.29 is 14.3 Å². The molecule has 0 bridgehead atoms. The minimum Gasteiger partial charge on any atom is -0.482 e. The third-order valence-electron chi connectivity index (χ3n) is 3.23. The second-order valence-electron chi connectivity index (χ2n) is 5.04. The Labute approximate surface area is 136 Å². The molecule has 2 heterocycles. The van der Waals surface area contributed by atoms with E-state index in [-0.39, 0.29) is 24.6 Å². The van der Waals surface area contributed by atoms with Gasteiger partial charge in [-0.25, -0.2) is 4.79 Å². The number of anilines is 2. The number of urea groups is 1. The summed E-state index contributed by atoms with van der Waals surface area (Å²) >= 11 is 1.30. The van der Waals surface area contributed by atoms with Crippen LogP contribution in [0.25, 0.3) is 0 Å². The molecule has 0 saturated heterocycles. The van der Waals surface area contributed by atoms with Gasteiger partial charge in [0.2, 0.25) is 5.13 Å². The predicted octanol–water partition coefficient (Wildman–Crippen LogP) is 2.06. The van der Waals surface area contributed by atoms with Crippen molar-refractivity contribution in [2.24, 2.45) is 0 Å². The van der Waals surface area contributed by atoms with E-state index in [1.54, 1.807) is 12.1 Å². The van der Waals surface area contributed by atoms with Gasteiger partial charge < -0.3 is 15.4 Å². The van der Waals surface area contributed by atoms with Crippen LogP contribution in [0, 0.1) is 6.92 Å². The van der Waals surface area contributed by atoms with Gasteiger partial charge in [-0.2, -0.15) is 0 Å². The Bertz CT molecular complexity index is 761. The average Bonchev–Trinajstić information content (AvgIpc) is 2.91. The lowest BCUT2D eigenvalue weighted by Gasteiger charge is -2.20. The second kappa shape index (κ2) is 6.21. The standard InChI is InChI=1S/C14H15N5O3S/c1-7(15-13(21)17-14-19-18-8(2)23-14)9-3-4-11-10(5-9)16-12(20)6-22-11/h3-5,7H,6H2,1-2H3,(H,16,20)(H2,15,17,19,21)/t7-/m0/s1. The van der Waals surface area contributed by atoms with Crippen LogP contribution in [-0.2, 0) is 4.79 Å². The molecule has 1 aromatic heterocycles. The number of aromatic nitrogens is 2. The Hall–Kier alpha value is -2.68. The van der Waals surface area contributed by atoms with E-state index in [9.17, 15) is 9.59 Å². The van der Waals surface area contributed by atoms with E-state index in [2.05, 4.69) is 26.1 Å². The SMILES string of the molecule is Cc1nnc(NC(=O)N[C@@H](C)c2ccc3c(c2)NC(=O)CO3)s1. The first kappa shape index (κ1) is 15.2. The third-order valence-corrected chi connectivity index (χ3v) is 3.98. The summed E-state index contributed by atoms with van der Waals surface area (Å²) in [6.07, 6.45) is 0. The number of amides is 3. The second-order valence-corrected chi connectivity index (χ2v) is 6.22. The number of nitrogens with zero attached hydrogens (tertiary/aromatic N) is 2. The van der Waals surface area contributed by atoms with Crippen molar-refractivity contribution in [2.45, 2.75) is 19.9 Å². The molecule has 0 fully saturated rings. The van der Waals surface area contributed by atoms with Crippen LogP contribution < -0.4 is 20.7 Å². The van der Waals surface area contributed by atoms with Crippen LogP contribution >= 0.6 is 11.3 Å². The van der Waals surface area contributed by atoms with E-state index in [0.717, 1.165) is 10.6 Å². The normalized spacial score (nSPS) is 14.3. The van der Waals surface area contributed by atoms with Gasteiger partial charge in [0, 0.05) is 0 Å². The van der Waals surface area contributed by atoms with Crippen LogP contribution in [0.3, 0.4) is 0 Å². The fourth-order valence-electron chi connectivity index (χ4n) is 2.13. The van der Waals surface area contributed by atoms with Crippen molar-refractivity contribution in [1.82, 2.24) is 15.5 Å². The van der Waals surface area contributed by atoms with Gasteiger partial charge in [0.25, 0.3) is 5.91 Å². The molecule has 0 radical (unpaired) electrons. The predicted molar refractivity (Wildman–Crippen MR) is 85.8 cm³/mol. The Morgan fingerprint density at radius 3 is 3.00 bits per heavy atom. The number of hydrogen-bond acceptors (Lipinski definition) is 6. The molecule has 0 spiro atoms. The summed E-state index contributed by atoms with van der Waals surface area (Å²) in [4.78, 5) is 23.3. The molecule has 1 atom stereocenters. The summed E-state index contributed by atoms with van der Waals surface area (Å²) in [5.74, 6) is 0.425. The van der Waals surface area contributed by atoms with E-state index in [4.69, 9.17) is 4.74 Å². The minimum absolute atomic E-state index is 0.0177. The number of nitrogens with one attached hydrogen (secondary N) is 3. The van der Waals surface area contributed by atoms with Crippen molar-refractivity contribution in [2.75, 3.05) is 17.2 Å². The van der Waals surface area contributed by atoms with Gasteiger partial charge in [0.15, 0.2) is 6.61 Å². The first-order valence-corrected chi connectivity index (χ1v) is 7.77. The highest BCUT2D eigenvalue weighted by molar-refractivity contribution is 7.15. The molecule has 8 nitrogen and oxygen atoms in total. The van der Waals surface area contributed by atoms with Crippen LogP contribution in [0.2, 0.25) is 0 Å². The fraction of sp³-hybridized carbons (Fsp3) is 0.286. The molecule has 1 aromatic carbocycles. The lowest BCUT2D eigenvalue weighted by molar-refractivity contribution is -0.118. The summed E-state index contributed by atoms with van der Waals surface area (Å²) in [6, 6.07) is 4.77. The molecule has 0 saturated carbocycles. The van der Waals surface area contributed by atoms with Crippen LogP contribution in [0.1, 0.15) is 23.5 Å². The summed E-state index contributed by atoms with van der Waals surface area (Å²) < 4.78 is 5.31. The Morgan fingerprint density at radius 2 is 2.26 bits per heavy atom. The molecule has 3 rings (SSSR count). The minimum atomic E-state index is -0.369. The zero-order chi connectivity index (χ0) is 16.4. The highest BCUT2D eigenvalue weighted by Crippen LogP contribution is 2.30. The van der Waals surface area contributed by atoms with Gasteiger partial charge >= 0.3 is 6.03 Å². The van der Waals surface area contributed by atoms with E-state index in [1.807, 2.05) is 19.9 Å². The van der Waals surface area contributed by atoms with Gasteiger partial charge in [-0.05, 0) is 31.5 Å². The molecule has 2 aromatic rings. The highest BCUT2D eigenvalue weighted by Gasteiger charge is 2.18. The summed E-state index contributed by atoms with van der Waals surface area (Å²) in [5, 5.41) is 17.1. The summed E-state index contributed by atoms with van der Waals surface area (Å²) in [7, 11) is 0. The van der Waals surface area contributed by atoms with E-state index >= 15 is 0 Å². The third kappa shape index (κ3) is 3.57. The van der Waals surface area contributed by atoms with E-state index in [1.165, 1.54) is 11.3 Å². The number of hydrogen-bond donors (Lipinski definition) is 3. The first-order valence-electron chi connectivity index (χ1n) is 6.95. The first-order chi connectivity index (χ1) is 11.0. The van der Waals surface area contributed by atoms with Crippen molar-refractivity contribution >= 4 is 34.1 Å². The van der Waals surface area contributed by atoms with Gasteiger partial charge in [0.1, 0.15) is 10.8 Å². The number of carbonyl (C=O) groups is 2. The average molecular weight is 333 g/mol. The molecule has 3 N–H and O–H groups in total. The Kier molecular flexibility index (Phi) is 4.11. The van der Waals surface area contributed by atoms with Crippen molar-refractivity contribution in [3.8, 4) is 5.75 Å². The molecule has 0 aliphatic carbocycles. The van der Waals surface area contributed by atoms with Gasteiger partial charge in [-0.3, -0.25) is 10.1 Å². The van der Waals surface area contributed by atoms with Crippen LogP contribution in [0.15, 0.2) is 18.2 Å². The van der Waals surface area contributed by atoms with Gasteiger partial charge in [0.05, 0.1) is 11.7 Å². The summed E-state index contributed by atoms with van der Waals surface area (Å²) in [6.45, 7) is 3.68. The lowest BCUT2D eigenvalue weighted by Crippen LogP contribution is -2.31. The molecule has 1 aliphatic heterocycles. The van der Waals surface area contributed by atoms with Crippen LogP contribution in [0.4, 0.5) is 15.6 Å². The number of rotatable bonds is 3. The monoisotopic (exact) mass is 333 g/mol. The summed E-state index contributed by atoms with van der Waals surface area (Å²) in [5.41, 5.74) is 1.45. The molecule has 1 aliphatic rings. The van der Waals surface area contributed by atoms with Crippen molar-refractivity contribution in [1.29, 1.82) is 0 Å².